The molecule has 0 saturated heterocycles. The molecule has 5 N–H and O–H groups in total. The van der Waals surface area contributed by atoms with Crippen LogP contribution in [0.1, 0.15) is 18.4 Å². The Morgan fingerprint density at radius 2 is 1.96 bits per heavy atom. The number of hydrogen-bond donors (Lipinski definition) is 3. The summed E-state index contributed by atoms with van der Waals surface area (Å²) < 4.78 is 0. The van der Waals surface area contributed by atoms with Crippen molar-refractivity contribution in [2.24, 2.45) is 10.7 Å². The Morgan fingerprint density at radius 3 is 2.62 bits per heavy atom. The fraction of sp³-hybridized carbons (Fsp3) is 0.214. The lowest BCUT2D eigenvalue weighted by Gasteiger charge is -2.04. The molecule has 10 heteroatoms. The standard InChI is InChI=1S/C14H15Cl2N7O/c15-9-3-1-4-10(16)8(9)7-19-13-21-12(18)22-14(23-13)20-11(24)5-2-6-17/h1,3-4,7H,2,5-6,17H2,(H3,18,20,21,22,23,24). The number of halogens is 2. The maximum atomic E-state index is 11.7. The number of anilines is 2. The summed E-state index contributed by atoms with van der Waals surface area (Å²) >= 11 is 12.1. The van der Waals surface area contributed by atoms with E-state index in [1.165, 1.54) is 6.21 Å². The molecule has 0 bridgehead atoms. The summed E-state index contributed by atoms with van der Waals surface area (Å²) in [4.78, 5) is 27.5. The van der Waals surface area contributed by atoms with Gasteiger partial charge in [0.05, 0.1) is 10.0 Å². The molecule has 2 aromatic rings. The Labute approximate surface area is 148 Å². The highest BCUT2D eigenvalue weighted by molar-refractivity contribution is 6.38. The van der Waals surface area contributed by atoms with Crippen molar-refractivity contribution < 1.29 is 4.79 Å². The van der Waals surface area contributed by atoms with Crippen LogP contribution in [0.4, 0.5) is 17.8 Å². The van der Waals surface area contributed by atoms with E-state index in [1.807, 2.05) is 0 Å². The second-order valence-corrected chi connectivity index (χ2v) is 5.47. The van der Waals surface area contributed by atoms with Crippen LogP contribution >= 0.6 is 23.2 Å². The molecule has 1 heterocycles. The Morgan fingerprint density at radius 1 is 1.25 bits per heavy atom. The molecule has 24 heavy (non-hydrogen) atoms. The minimum Gasteiger partial charge on any atom is -0.368 e. The van der Waals surface area contributed by atoms with E-state index in [2.05, 4.69) is 25.3 Å². The maximum absolute atomic E-state index is 11.7. The molecule has 0 aliphatic carbocycles. The molecule has 1 aromatic carbocycles. The average molecular weight is 368 g/mol. The zero-order valence-electron chi connectivity index (χ0n) is 12.5. The minimum absolute atomic E-state index is 0.0157. The molecule has 0 saturated carbocycles. The van der Waals surface area contributed by atoms with Crippen molar-refractivity contribution in [3.8, 4) is 0 Å². The molecular weight excluding hydrogens is 353 g/mol. The van der Waals surface area contributed by atoms with Crippen molar-refractivity contribution in [3.05, 3.63) is 33.8 Å². The number of hydrogen-bond acceptors (Lipinski definition) is 7. The normalized spacial score (nSPS) is 11.0. The Bertz CT molecular complexity index is 747. The number of nitrogens with zero attached hydrogens (tertiary/aromatic N) is 4. The van der Waals surface area contributed by atoms with Crippen LogP contribution in [-0.2, 0) is 4.79 Å². The summed E-state index contributed by atoms with van der Waals surface area (Å²) in [6, 6.07) is 5.08. The fourth-order valence-electron chi connectivity index (χ4n) is 1.70. The highest BCUT2D eigenvalue weighted by atomic mass is 35.5. The number of carbonyl (C=O) groups is 1. The van der Waals surface area contributed by atoms with Crippen LogP contribution < -0.4 is 16.8 Å². The molecule has 0 unspecified atom stereocenters. The van der Waals surface area contributed by atoms with E-state index in [0.717, 1.165) is 0 Å². The summed E-state index contributed by atoms with van der Waals surface area (Å²) in [6.07, 6.45) is 2.23. The molecule has 0 atom stereocenters. The minimum atomic E-state index is -0.268. The first-order chi connectivity index (χ1) is 11.5. The van der Waals surface area contributed by atoms with Crippen LogP contribution in [0, 0.1) is 0 Å². The molecule has 1 aromatic heterocycles. The van der Waals surface area contributed by atoms with Crippen LogP contribution in [0.3, 0.4) is 0 Å². The van der Waals surface area contributed by atoms with Crippen LogP contribution in [-0.4, -0.2) is 33.6 Å². The molecule has 0 spiro atoms. The monoisotopic (exact) mass is 367 g/mol. The van der Waals surface area contributed by atoms with Crippen molar-refractivity contribution in [3.63, 3.8) is 0 Å². The quantitative estimate of drug-likeness (QED) is 0.670. The molecule has 126 valence electrons. The largest absolute Gasteiger partial charge is 0.368 e. The second-order valence-electron chi connectivity index (χ2n) is 4.65. The van der Waals surface area contributed by atoms with Crippen molar-refractivity contribution in [1.82, 2.24) is 15.0 Å². The van der Waals surface area contributed by atoms with E-state index in [-0.39, 0.29) is 30.2 Å². The Hall–Kier alpha value is -2.29. The first-order valence-corrected chi connectivity index (χ1v) is 7.74. The number of benzene rings is 1. The van der Waals surface area contributed by atoms with Gasteiger partial charge in [0.25, 0.3) is 5.95 Å². The summed E-state index contributed by atoms with van der Waals surface area (Å²) in [5.41, 5.74) is 11.5. The van der Waals surface area contributed by atoms with Crippen LogP contribution in [0.15, 0.2) is 23.2 Å². The number of aromatic nitrogens is 3. The number of rotatable bonds is 6. The number of nitrogens with one attached hydrogen (secondary N) is 1. The lowest BCUT2D eigenvalue weighted by molar-refractivity contribution is -0.116. The van der Waals surface area contributed by atoms with Gasteiger partial charge in [-0.2, -0.15) is 15.0 Å². The molecule has 0 aliphatic heterocycles. The topological polar surface area (TPSA) is 132 Å². The van der Waals surface area contributed by atoms with Crippen molar-refractivity contribution in [1.29, 1.82) is 0 Å². The van der Waals surface area contributed by atoms with Crippen molar-refractivity contribution >= 4 is 53.2 Å². The van der Waals surface area contributed by atoms with Crippen LogP contribution in [0.2, 0.25) is 10.0 Å². The zero-order valence-corrected chi connectivity index (χ0v) is 14.1. The van der Waals surface area contributed by atoms with Gasteiger partial charge < -0.3 is 11.5 Å². The number of nitrogen functional groups attached to an aromatic ring is 1. The molecule has 2 rings (SSSR count). The van der Waals surface area contributed by atoms with E-state index in [1.54, 1.807) is 18.2 Å². The van der Waals surface area contributed by atoms with Crippen LogP contribution in [0.25, 0.3) is 0 Å². The third kappa shape index (κ3) is 5.12. The van der Waals surface area contributed by atoms with Gasteiger partial charge in [-0.25, -0.2) is 4.99 Å². The Balaban J connectivity index is 2.19. The molecule has 0 radical (unpaired) electrons. The lowest BCUT2D eigenvalue weighted by Crippen LogP contribution is -2.16. The van der Waals surface area contributed by atoms with Gasteiger partial charge in [-0.1, -0.05) is 29.3 Å². The maximum Gasteiger partial charge on any atom is 0.255 e. The van der Waals surface area contributed by atoms with Crippen molar-refractivity contribution in [2.45, 2.75) is 12.8 Å². The van der Waals surface area contributed by atoms with E-state index >= 15 is 0 Å². The molecule has 0 aliphatic rings. The van der Waals surface area contributed by atoms with E-state index in [4.69, 9.17) is 34.7 Å². The lowest BCUT2D eigenvalue weighted by atomic mass is 10.2. The van der Waals surface area contributed by atoms with E-state index in [9.17, 15) is 4.79 Å². The van der Waals surface area contributed by atoms with Crippen molar-refractivity contribution in [2.75, 3.05) is 17.6 Å². The fourth-order valence-corrected chi connectivity index (χ4v) is 2.20. The molecule has 8 nitrogen and oxygen atoms in total. The summed E-state index contributed by atoms with van der Waals surface area (Å²) in [5, 5.41) is 3.38. The molecule has 1 amide bonds. The first kappa shape index (κ1) is 18.1. The number of nitrogens with two attached hydrogens (primary N) is 2. The third-order valence-electron chi connectivity index (χ3n) is 2.81. The molecular formula is C14H15Cl2N7O. The third-order valence-corrected chi connectivity index (χ3v) is 3.47. The predicted octanol–water partition coefficient (Wildman–Crippen LogP) is 2.19. The van der Waals surface area contributed by atoms with Gasteiger partial charge >= 0.3 is 0 Å². The molecule has 0 fully saturated rings. The SMILES string of the molecule is NCCCC(=O)Nc1nc(N)nc(N=Cc2c(Cl)cccc2Cl)n1. The average Bonchev–Trinajstić information content (AvgIpc) is 2.52. The number of carbonyl (C=O) groups excluding carboxylic acids is 1. The smallest absolute Gasteiger partial charge is 0.255 e. The highest BCUT2D eigenvalue weighted by Crippen LogP contribution is 2.23. The second kappa shape index (κ2) is 8.53. The van der Waals surface area contributed by atoms with Gasteiger partial charge in [-0.05, 0) is 25.1 Å². The van der Waals surface area contributed by atoms with Gasteiger partial charge in [0.1, 0.15) is 0 Å². The van der Waals surface area contributed by atoms with E-state index < -0.39 is 0 Å². The van der Waals surface area contributed by atoms with Gasteiger partial charge in [-0.3, -0.25) is 10.1 Å². The van der Waals surface area contributed by atoms with Gasteiger partial charge in [0.15, 0.2) is 0 Å². The number of aliphatic imine (C=N–C) groups is 1. The zero-order chi connectivity index (χ0) is 17.5. The van der Waals surface area contributed by atoms with Crippen LogP contribution in [0.5, 0.6) is 0 Å². The van der Waals surface area contributed by atoms with E-state index in [0.29, 0.717) is 28.6 Å². The number of amides is 1. The summed E-state index contributed by atoms with van der Waals surface area (Å²) in [5.74, 6) is -0.304. The predicted molar refractivity (Wildman–Crippen MR) is 94.9 cm³/mol. The van der Waals surface area contributed by atoms with Gasteiger partial charge in [-0.15, -0.1) is 0 Å². The first-order valence-electron chi connectivity index (χ1n) is 6.99. The highest BCUT2D eigenvalue weighted by Gasteiger charge is 2.08. The van der Waals surface area contributed by atoms with Gasteiger partial charge in [0.2, 0.25) is 17.8 Å². The Kier molecular flexibility index (Phi) is 6.42. The van der Waals surface area contributed by atoms with Gasteiger partial charge in [0, 0.05) is 18.2 Å². The summed E-state index contributed by atoms with van der Waals surface area (Å²) in [6.45, 7) is 0.418. The summed E-state index contributed by atoms with van der Waals surface area (Å²) in [7, 11) is 0.